The first kappa shape index (κ1) is 14.3. The molecule has 0 spiro atoms. The number of rotatable bonds is 3. The van der Waals surface area contributed by atoms with Gasteiger partial charge in [-0.3, -0.25) is 14.5 Å². The number of carbonyl (C=O) groups excluding carboxylic acids is 1. The molecule has 5 heteroatoms. The van der Waals surface area contributed by atoms with Crippen molar-refractivity contribution in [1.29, 1.82) is 0 Å². The molecule has 2 heterocycles. The lowest BCUT2D eigenvalue weighted by molar-refractivity contribution is -0.151. The van der Waals surface area contributed by atoms with E-state index >= 15 is 0 Å². The summed E-state index contributed by atoms with van der Waals surface area (Å²) in [7, 11) is 0. The van der Waals surface area contributed by atoms with E-state index < -0.39 is 17.8 Å². The molecule has 1 N–H and O–H groups in total. The van der Waals surface area contributed by atoms with Crippen LogP contribution in [0.2, 0.25) is 0 Å². The number of hydrogen-bond acceptors (Lipinski definition) is 3. The minimum Gasteiger partial charge on any atom is -0.481 e. The zero-order valence-electron chi connectivity index (χ0n) is 12.0. The summed E-state index contributed by atoms with van der Waals surface area (Å²) in [4.78, 5) is 27.9. The Morgan fingerprint density at radius 3 is 2.53 bits per heavy atom. The van der Waals surface area contributed by atoms with Crippen LogP contribution in [0.25, 0.3) is 0 Å². The van der Waals surface area contributed by atoms with Gasteiger partial charge in [-0.2, -0.15) is 0 Å². The van der Waals surface area contributed by atoms with Gasteiger partial charge in [0, 0.05) is 31.1 Å². The van der Waals surface area contributed by atoms with E-state index in [1.165, 1.54) is 6.42 Å². The smallest absolute Gasteiger partial charge is 0.307 e. The highest BCUT2D eigenvalue weighted by Crippen LogP contribution is 2.26. The first-order valence-corrected chi connectivity index (χ1v) is 7.19. The van der Waals surface area contributed by atoms with E-state index in [9.17, 15) is 9.59 Å². The van der Waals surface area contributed by atoms with Crippen LogP contribution in [0.3, 0.4) is 0 Å². The van der Waals surface area contributed by atoms with Crippen molar-refractivity contribution in [2.24, 2.45) is 11.8 Å². The molecule has 108 valence electrons. The average molecular weight is 268 g/mol. The van der Waals surface area contributed by atoms with E-state index in [1.807, 2.05) is 4.90 Å². The summed E-state index contributed by atoms with van der Waals surface area (Å²) in [6.07, 6.45) is 2.36. The van der Waals surface area contributed by atoms with Crippen molar-refractivity contribution >= 4 is 11.9 Å². The number of carbonyl (C=O) groups is 2. The number of aliphatic carboxylic acids is 1. The van der Waals surface area contributed by atoms with Crippen LogP contribution in [-0.4, -0.2) is 58.5 Å². The standard InChI is InChI=1S/C14H24N2O3/c1-9-7-15-6-4-5-12(15)8-16(9)13(17)10(2)11(3)14(18)19/h9-12H,4-8H2,1-3H3,(H,18,19). The van der Waals surface area contributed by atoms with E-state index in [-0.39, 0.29) is 11.9 Å². The van der Waals surface area contributed by atoms with E-state index in [0.717, 1.165) is 26.1 Å². The molecule has 0 radical (unpaired) electrons. The third kappa shape index (κ3) is 2.76. The van der Waals surface area contributed by atoms with E-state index in [1.54, 1.807) is 13.8 Å². The molecular formula is C14H24N2O3. The van der Waals surface area contributed by atoms with Gasteiger partial charge in [0.1, 0.15) is 0 Å². The van der Waals surface area contributed by atoms with Crippen molar-refractivity contribution in [3.63, 3.8) is 0 Å². The van der Waals surface area contributed by atoms with E-state index in [2.05, 4.69) is 11.8 Å². The van der Waals surface area contributed by atoms with E-state index in [4.69, 9.17) is 5.11 Å². The summed E-state index contributed by atoms with van der Waals surface area (Å²) in [5, 5.41) is 9.04. The molecule has 0 aromatic rings. The van der Waals surface area contributed by atoms with Crippen LogP contribution in [-0.2, 0) is 9.59 Å². The summed E-state index contributed by atoms with van der Waals surface area (Å²) < 4.78 is 0. The van der Waals surface area contributed by atoms with Gasteiger partial charge in [0.25, 0.3) is 0 Å². The van der Waals surface area contributed by atoms with Gasteiger partial charge in [-0.1, -0.05) is 13.8 Å². The molecule has 2 fully saturated rings. The third-order valence-electron chi connectivity index (χ3n) is 4.75. The summed E-state index contributed by atoms with van der Waals surface area (Å²) in [5.74, 6) is -1.98. The van der Waals surface area contributed by atoms with Crippen LogP contribution < -0.4 is 0 Å². The SMILES string of the molecule is CC(C(=O)O)C(C)C(=O)N1CC2CCCN2CC1C. The number of carboxylic acid groups (broad SMARTS) is 1. The number of fused-ring (bicyclic) bond motifs is 1. The number of hydrogen-bond donors (Lipinski definition) is 1. The molecule has 2 aliphatic heterocycles. The largest absolute Gasteiger partial charge is 0.481 e. The zero-order valence-corrected chi connectivity index (χ0v) is 12.0. The summed E-state index contributed by atoms with van der Waals surface area (Å²) >= 11 is 0. The van der Waals surface area contributed by atoms with Gasteiger partial charge in [-0.25, -0.2) is 0 Å². The fraction of sp³-hybridized carbons (Fsp3) is 0.857. The van der Waals surface area contributed by atoms with Crippen molar-refractivity contribution in [2.75, 3.05) is 19.6 Å². The lowest BCUT2D eigenvalue weighted by Crippen LogP contribution is -2.58. The van der Waals surface area contributed by atoms with Crippen molar-refractivity contribution in [3.8, 4) is 0 Å². The Morgan fingerprint density at radius 2 is 1.89 bits per heavy atom. The molecule has 5 nitrogen and oxygen atoms in total. The molecular weight excluding hydrogens is 244 g/mol. The molecule has 1 amide bonds. The maximum Gasteiger partial charge on any atom is 0.307 e. The molecule has 0 aromatic carbocycles. The van der Waals surface area contributed by atoms with Gasteiger partial charge >= 0.3 is 5.97 Å². The predicted molar refractivity (Wildman–Crippen MR) is 71.7 cm³/mol. The van der Waals surface area contributed by atoms with Crippen LogP contribution >= 0.6 is 0 Å². The molecule has 2 rings (SSSR count). The molecule has 0 aromatic heterocycles. The number of carboxylic acids is 1. The zero-order chi connectivity index (χ0) is 14.2. The van der Waals surface area contributed by atoms with Gasteiger partial charge in [0.05, 0.1) is 5.92 Å². The van der Waals surface area contributed by atoms with Crippen molar-refractivity contribution in [3.05, 3.63) is 0 Å². The molecule has 0 aliphatic carbocycles. The summed E-state index contributed by atoms with van der Waals surface area (Å²) in [6.45, 7) is 8.22. The van der Waals surface area contributed by atoms with Gasteiger partial charge in [-0.05, 0) is 26.3 Å². The van der Waals surface area contributed by atoms with Crippen molar-refractivity contribution in [1.82, 2.24) is 9.80 Å². The van der Waals surface area contributed by atoms with Crippen LogP contribution in [0.4, 0.5) is 0 Å². The van der Waals surface area contributed by atoms with Gasteiger partial charge in [0.2, 0.25) is 5.91 Å². The Kier molecular flexibility index (Phi) is 4.13. The lowest BCUT2D eigenvalue weighted by Gasteiger charge is -2.43. The minimum atomic E-state index is -0.895. The van der Waals surface area contributed by atoms with E-state index in [0.29, 0.717) is 6.04 Å². The average Bonchev–Trinajstić information content (AvgIpc) is 2.81. The first-order valence-electron chi connectivity index (χ1n) is 7.19. The summed E-state index contributed by atoms with van der Waals surface area (Å²) in [6, 6.07) is 0.665. The van der Waals surface area contributed by atoms with Gasteiger partial charge in [0.15, 0.2) is 0 Å². The Bertz CT molecular complexity index is 372. The van der Waals surface area contributed by atoms with Crippen LogP contribution in [0, 0.1) is 11.8 Å². The molecule has 4 atom stereocenters. The third-order valence-corrected chi connectivity index (χ3v) is 4.75. The molecule has 0 bridgehead atoms. The molecule has 19 heavy (non-hydrogen) atoms. The molecule has 4 unspecified atom stereocenters. The minimum absolute atomic E-state index is 0.00560. The number of amides is 1. The van der Waals surface area contributed by atoms with Gasteiger partial charge in [-0.15, -0.1) is 0 Å². The highest BCUT2D eigenvalue weighted by molar-refractivity contribution is 5.84. The monoisotopic (exact) mass is 268 g/mol. The summed E-state index contributed by atoms with van der Waals surface area (Å²) in [5.41, 5.74) is 0. The van der Waals surface area contributed by atoms with Crippen LogP contribution in [0.1, 0.15) is 33.6 Å². The van der Waals surface area contributed by atoms with Crippen molar-refractivity contribution in [2.45, 2.75) is 45.7 Å². The van der Waals surface area contributed by atoms with Crippen LogP contribution in [0.5, 0.6) is 0 Å². The second kappa shape index (κ2) is 5.49. The number of nitrogens with zero attached hydrogens (tertiary/aromatic N) is 2. The topological polar surface area (TPSA) is 60.9 Å². The Balaban J connectivity index is 2.04. The predicted octanol–water partition coefficient (Wildman–Crippen LogP) is 1.04. The quantitative estimate of drug-likeness (QED) is 0.831. The highest BCUT2D eigenvalue weighted by atomic mass is 16.4. The molecule has 0 saturated carbocycles. The van der Waals surface area contributed by atoms with Gasteiger partial charge < -0.3 is 10.0 Å². The highest BCUT2D eigenvalue weighted by Gasteiger charge is 2.39. The normalized spacial score (nSPS) is 30.8. The maximum absolute atomic E-state index is 12.5. The fourth-order valence-corrected chi connectivity index (χ4v) is 3.18. The number of piperazine rings is 1. The maximum atomic E-state index is 12.5. The Labute approximate surface area is 114 Å². The second-order valence-electron chi connectivity index (χ2n) is 6.05. The Morgan fingerprint density at radius 1 is 1.21 bits per heavy atom. The molecule has 2 saturated heterocycles. The Hall–Kier alpha value is -1.10. The van der Waals surface area contributed by atoms with Crippen molar-refractivity contribution < 1.29 is 14.7 Å². The second-order valence-corrected chi connectivity index (χ2v) is 6.05. The lowest BCUT2D eigenvalue weighted by atomic mass is 9.93. The molecule has 2 aliphatic rings. The first-order chi connectivity index (χ1) is 8.91. The fourth-order valence-electron chi connectivity index (χ4n) is 3.18. The van der Waals surface area contributed by atoms with Crippen LogP contribution in [0.15, 0.2) is 0 Å².